The molecule has 0 fully saturated rings. The van der Waals surface area contributed by atoms with Crippen molar-refractivity contribution in [3.05, 3.63) is 17.8 Å². The molecule has 0 bridgehead atoms. The summed E-state index contributed by atoms with van der Waals surface area (Å²) in [5.41, 5.74) is 11.2. The van der Waals surface area contributed by atoms with Crippen LogP contribution in [-0.4, -0.2) is 41.3 Å². The van der Waals surface area contributed by atoms with Crippen molar-refractivity contribution < 1.29 is 9.59 Å². The van der Waals surface area contributed by atoms with E-state index < -0.39 is 11.9 Å². The highest BCUT2D eigenvalue weighted by Crippen LogP contribution is 2.15. The van der Waals surface area contributed by atoms with Gasteiger partial charge in [0.2, 0.25) is 5.91 Å². The summed E-state index contributed by atoms with van der Waals surface area (Å²) < 4.78 is 0. The van der Waals surface area contributed by atoms with Crippen molar-refractivity contribution >= 4 is 23.3 Å². The summed E-state index contributed by atoms with van der Waals surface area (Å²) in [6.07, 6.45) is 1.34. The average Bonchev–Trinajstić information content (AvgIpc) is 2.38. The van der Waals surface area contributed by atoms with Crippen molar-refractivity contribution in [3.63, 3.8) is 0 Å². The fourth-order valence-electron chi connectivity index (χ4n) is 1.53. The monoisotopic (exact) mass is 265 g/mol. The van der Waals surface area contributed by atoms with Crippen LogP contribution in [-0.2, 0) is 4.79 Å². The van der Waals surface area contributed by atoms with Gasteiger partial charge in [-0.15, -0.1) is 0 Å². The number of likely N-dealkylation sites (N-methyl/N-ethyl adjacent to an activating group) is 1. The summed E-state index contributed by atoms with van der Waals surface area (Å²) >= 11 is 0. The van der Waals surface area contributed by atoms with E-state index in [-0.39, 0.29) is 17.2 Å². The predicted octanol–water partition coefficient (Wildman–Crippen LogP) is 0.0414. The molecular weight excluding hydrogens is 246 g/mol. The highest BCUT2D eigenvalue weighted by molar-refractivity contribution is 5.98. The molecule has 0 aliphatic rings. The number of nitrogens with one attached hydrogen (secondary N) is 1. The molecule has 0 aromatic carbocycles. The number of hydrogen-bond acceptors (Lipinski definition) is 5. The number of carbonyl (C=O) groups excluding carboxylic acids is 2. The van der Waals surface area contributed by atoms with E-state index in [1.807, 2.05) is 6.92 Å². The number of hydrogen-bond donors (Lipinski definition) is 3. The first kappa shape index (κ1) is 14.7. The lowest BCUT2D eigenvalue weighted by Crippen LogP contribution is -2.39. The summed E-state index contributed by atoms with van der Waals surface area (Å²) in [6, 6.07) is 0.981. The molecule has 1 unspecified atom stereocenters. The van der Waals surface area contributed by atoms with Gasteiger partial charge >= 0.3 is 0 Å². The minimum Gasteiger partial charge on any atom is -0.397 e. The SMILES string of the molecule is CCN(C)C(=O)C(C)Nc1cc(C(N)=O)c(N)cn1. The van der Waals surface area contributed by atoms with E-state index in [2.05, 4.69) is 10.3 Å². The average molecular weight is 265 g/mol. The van der Waals surface area contributed by atoms with Crippen LogP contribution in [0.2, 0.25) is 0 Å². The molecule has 0 aliphatic heterocycles. The van der Waals surface area contributed by atoms with Crippen molar-refractivity contribution in [1.82, 2.24) is 9.88 Å². The second kappa shape index (κ2) is 6.03. The second-order valence-electron chi connectivity index (χ2n) is 4.24. The van der Waals surface area contributed by atoms with Crippen LogP contribution in [0, 0.1) is 0 Å². The van der Waals surface area contributed by atoms with Crippen molar-refractivity contribution in [3.8, 4) is 0 Å². The zero-order chi connectivity index (χ0) is 14.6. The molecule has 1 rings (SSSR count). The maximum absolute atomic E-state index is 11.9. The maximum atomic E-state index is 11.9. The smallest absolute Gasteiger partial charge is 0.250 e. The van der Waals surface area contributed by atoms with Gasteiger partial charge in [-0.2, -0.15) is 0 Å². The van der Waals surface area contributed by atoms with E-state index in [1.165, 1.54) is 12.3 Å². The summed E-state index contributed by atoms with van der Waals surface area (Å²) in [5.74, 6) is -0.317. The third-order valence-corrected chi connectivity index (χ3v) is 2.79. The van der Waals surface area contributed by atoms with Crippen molar-refractivity contribution in [2.45, 2.75) is 19.9 Å². The van der Waals surface area contributed by atoms with E-state index in [9.17, 15) is 9.59 Å². The molecule has 104 valence electrons. The van der Waals surface area contributed by atoms with Gasteiger partial charge in [0.25, 0.3) is 5.91 Å². The van der Waals surface area contributed by atoms with Gasteiger partial charge in [0.15, 0.2) is 0 Å². The molecule has 0 aliphatic carbocycles. The molecule has 1 atom stereocenters. The lowest BCUT2D eigenvalue weighted by Gasteiger charge is -2.21. The van der Waals surface area contributed by atoms with Gasteiger partial charge in [0, 0.05) is 13.6 Å². The number of nitrogens with two attached hydrogens (primary N) is 2. The van der Waals surface area contributed by atoms with Gasteiger partial charge in [-0.3, -0.25) is 9.59 Å². The van der Waals surface area contributed by atoms with Crippen molar-refractivity contribution in [2.24, 2.45) is 5.73 Å². The highest BCUT2D eigenvalue weighted by atomic mass is 16.2. The van der Waals surface area contributed by atoms with Crippen LogP contribution < -0.4 is 16.8 Å². The molecule has 5 N–H and O–H groups in total. The Bertz CT molecular complexity index is 489. The van der Waals surface area contributed by atoms with Crippen LogP contribution in [0.25, 0.3) is 0 Å². The normalized spacial score (nSPS) is 11.7. The second-order valence-corrected chi connectivity index (χ2v) is 4.24. The van der Waals surface area contributed by atoms with Gasteiger partial charge in [0.05, 0.1) is 17.4 Å². The Hall–Kier alpha value is -2.31. The Morgan fingerprint density at radius 2 is 2.16 bits per heavy atom. The van der Waals surface area contributed by atoms with E-state index in [1.54, 1.807) is 18.9 Å². The molecule has 0 saturated heterocycles. The lowest BCUT2D eigenvalue weighted by atomic mass is 10.2. The number of rotatable bonds is 5. The third kappa shape index (κ3) is 3.57. The molecule has 19 heavy (non-hydrogen) atoms. The highest BCUT2D eigenvalue weighted by Gasteiger charge is 2.17. The van der Waals surface area contributed by atoms with Gasteiger partial charge in [0.1, 0.15) is 11.9 Å². The molecule has 1 aromatic heterocycles. The number of anilines is 2. The molecular formula is C12H19N5O2. The molecule has 2 amide bonds. The first-order chi connectivity index (χ1) is 8.86. The van der Waals surface area contributed by atoms with Crippen molar-refractivity contribution in [2.75, 3.05) is 24.6 Å². The number of primary amides is 1. The number of nitrogens with zero attached hydrogens (tertiary/aromatic N) is 2. The molecule has 0 spiro atoms. The Morgan fingerprint density at radius 1 is 1.53 bits per heavy atom. The van der Waals surface area contributed by atoms with Gasteiger partial charge in [-0.1, -0.05) is 0 Å². The summed E-state index contributed by atoms with van der Waals surface area (Å²) in [6.45, 7) is 4.22. The molecule has 1 aromatic rings. The molecule has 0 saturated carbocycles. The quantitative estimate of drug-likeness (QED) is 0.695. The van der Waals surface area contributed by atoms with E-state index in [0.717, 1.165) is 0 Å². The van der Waals surface area contributed by atoms with E-state index in [4.69, 9.17) is 11.5 Å². The molecule has 7 nitrogen and oxygen atoms in total. The van der Waals surface area contributed by atoms with E-state index >= 15 is 0 Å². The summed E-state index contributed by atoms with van der Waals surface area (Å²) in [4.78, 5) is 28.6. The first-order valence-corrected chi connectivity index (χ1v) is 5.93. The Kier molecular flexibility index (Phi) is 4.68. The molecule has 7 heteroatoms. The van der Waals surface area contributed by atoms with Crippen LogP contribution in [0.15, 0.2) is 12.3 Å². The van der Waals surface area contributed by atoms with Gasteiger partial charge in [-0.05, 0) is 19.9 Å². The van der Waals surface area contributed by atoms with Gasteiger partial charge < -0.3 is 21.7 Å². The summed E-state index contributed by atoms with van der Waals surface area (Å²) in [7, 11) is 1.71. The maximum Gasteiger partial charge on any atom is 0.250 e. The standard InChI is InChI=1S/C12H19N5O2/c1-4-17(3)12(19)7(2)16-10-5-8(11(14)18)9(13)6-15-10/h5-7H,4,13H2,1-3H3,(H2,14,18)(H,15,16). The van der Waals surface area contributed by atoms with Crippen LogP contribution in [0.1, 0.15) is 24.2 Å². The lowest BCUT2D eigenvalue weighted by molar-refractivity contribution is -0.130. The third-order valence-electron chi connectivity index (χ3n) is 2.79. The number of nitrogen functional groups attached to an aromatic ring is 1. The van der Waals surface area contributed by atoms with Crippen molar-refractivity contribution in [1.29, 1.82) is 0 Å². The molecule has 1 heterocycles. The number of amides is 2. The molecule has 0 radical (unpaired) electrons. The van der Waals surface area contributed by atoms with Gasteiger partial charge in [-0.25, -0.2) is 4.98 Å². The topological polar surface area (TPSA) is 114 Å². The number of pyridine rings is 1. The fraction of sp³-hybridized carbons (Fsp3) is 0.417. The van der Waals surface area contributed by atoms with E-state index in [0.29, 0.717) is 12.4 Å². The first-order valence-electron chi connectivity index (χ1n) is 5.93. The minimum absolute atomic E-state index is 0.0678. The zero-order valence-corrected chi connectivity index (χ0v) is 11.3. The minimum atomic E-state index is -0.632. The fourth-order valence-corrected chi connectivity index (χ4v) is 1.53. The predicted molar refractivity (Wildman–Crippen MR) is 73.6 cm³/mol. The van der Waals surface area contributed by atoms with Crippen LogP contribution in [0.5, 0.6) is 0 Å². The Balaban J connectivity index is 2.86. The summed E-state index contributed by atoms with van der Waals surface area (Å²) in [5, 5.41) is 2.91. The number of carbonyl (C=O) groups is 2. The van der Waals surface area contributed by atoms with Crippen LogP contribution in [0.3, 0.4) is 0 Å². The van der Waals surface area contributed by atoms with Crippen LogP contribution >= 0.6 is 0 Å². The zero-order valence-electron chi connectivity index (χ0n) is 11.3. The van der Waals surface area contributed by atoms with Crippen LogP contribution in [0.4, 0.5) is 11.5 Å². The Morgan fingerprint density at radius 3 is 2.68 bits per heavy atom. The number of aromatic nitrogens is 1. The Labute approximate surface area is 112 Å². The largest absolute Gasteiger partial charge is 0.397 e.